The van der Waals surface area contributed by atoms with Crippen molar-refractivity contribution in [3.63, 3.8) is 0 Å². The monoisotopic (exact) mass is 2130 g/mol. The highest BCUT2D eigenvalue weighted by Gasteiger charge is 2.61. The van der Waals surface area contributed by atoms with Gasteiger partial charge in [-0.05, 0) is 141 Å². The van der Waals surface area contributed by atoms with E-state index in [9.17, 15) is 133 Å². The molecule has 0 bridgehead atoms. The van der Waals surface area contributed by atoms with Crippen LogP contribution in [-0.4, -0.2) is 413 Å². The van der Waals surface area contributed by atoms with Gasteiger partial charge in [-0.25, -0.2) is 0 Å². The van der Waals surface area contributed by atoms with Crippen molar-refractivity contribution in [1.29, 1.82) is 0 Å². The van der Waals surface area contributed by atoms with Gasteiger partial charge < -0.3 is 190 Å². The van der Waals surface area contributed by atoms with Crippen molar-refractivity contribution in [2.75, 3.05) is 6.61 Å². The number of aliphatic hydroxyl groups excluding tert-OH is 26. The highest BCUT2D eigenvalue weighted by molar-refractivity contribution is 5.06. The summed E-state index contributed by atoms with van der Waals surface area (Å²) in [5.41, 5.74) is -3.62. The molecule has 0 saturated carbocycles. The molecule has 0 aromatic heterocycles. The third kappa shape index (κ3) is 38.4. The summed E-state index contributed by atoms with van der Waals surface area (Å²) in [6.45, 7) is 20.0. The average molecular weight is 2130 g/mol. The standard InChI is InChI=1S/C110H198O38/c1-10-12-14-16-18-20-21-22-24-26-28-33-79(118)80(119)52-77-47-72(116)60-109(146-77)40-41-110(148-109)65(6)36-38-74(147-110)46-71(115)48-81(120)90-56-84(123)95(129)98(132)93(141-90)57-85(124)102-97(131)83(122)51-76(139-102)45-68(112)37-39-75-50-86(125)103(136)107(8,144-75)58-73(117)59-108(9)104(143-105-100(134)96(130)88(127)61-137-105)87(126)53-78(145-108)54-91-92(142-106-101(135)99(133)94(128)66(7)138-106)55-82(121)89(140-91)49-67(111)32-29-31-63(4)42-69(113)44-70(114)43-64(5)35-34-62(3)30-27-25-23-19-17-15-13-11-2/h10-11,62-106,111-136H,1-2,12-61H2,3-9H3/t62-,63-,64+,65-,66-,67+,68+,69-,70+,71-,72+,73+,74+,75+,76+,77+,78-,79-,80+,81-,82+,83+,84-,85+,86-,87+,88-,89-,90-,91-,92-,93+,94-,95+,96+,97+,98+,99+,100-,101+,102+,103-,104+,105+,106+,107-,108+,109-,110+/m1/s1. The molecular weight excluding hydrogens is 1930 g/mol. The summed E-state index contributed by atoms with van der Waals surface area (Å²) in [7, 11) is 0. The van der Waals surface area contributed by atoms with Crippen molar-refractivity contribution in [1.82, 2.24) is 0 Å². The largest absolute Gasteiger partial charge is 0.393 e. The third-order valence-electron chi connectivity index (χ3n) is 34.0. The van der Waals surface area contributed by atoms with Crippen molar-refractivity contribution < 1.29 is 190 Å². The van der Waals surface area contributed by atoms with Crippen LogP contribution in [0.3, 0.4) is 0 Å². The molecule has 2 spiro atoms. The smallest absolute Gasteiger partial charge is 0.186 e. The van der Waals surface area contributed by atoms with Gasteiger partial charge in [0.15, 0.2) is 24.2 Å². The lowest BCUT2D eigenvalue weighted by Crippen LogP contribution is -2.64. The minimum Gasteiger partial charge on any atom is -0.393 e. The van der Waals surface area contributed by atoms with E-state index < -0.39 is 306 Å². The van der Waals surface area contributed by atoms with Crippen LogP contribution >= 0.6 is 0 Å². The maximum atomic E-state index is 12.5. The van der Waals surface area contributed by atoms with Crippen LogP contribution in [0, 0.1) is 23.7 Å². The fourth-order valence-electron chi connectivity index (χ4n) is 25.2. The van der Waals surface area contributed by atoms with Gasteiger partial charge in [-0.3, -0.25) is 0 Å². The van der Waals surface area contributed by atoms with E-state index in [1.165, 1.54) is 97.8 Å². The van der Waals surface area contributed by atoms with E-state index in [1.54, 1.807) is 0 Å². The van der Waals surface area contributed by atoms with Crippen LogP contribution in [0.1, 0.15) is 363 Å². The first-order valence-electron chi connectivity index (χ1n) is 57.0. The summed E-state index contributed by atoms with van der Waals surface area (Å²) < 4.78 is 77.0. The lowest BCUT2D eigenvalue weighted by molar-refractivity contribution is -0.380. The fraction of sp³-hybridized carbons (Fsp3) is 0.964. The Kier molecular flexibility index (Phi) is 53.1. The third-order valence-corrected chi connectivity index (χ3v) is 34.0. The van der Waals surface area contributed by atoms with Crippen molar-refractivity contribution in [2.45, 2.75) is 636 Å². The van der Waals surface area contributed by atoms with Crippen LogP contribution in [0.15, 0.2) is 25.3 Å². The Morgan fingerprint density at radius 2 is 0.953 bits per heavy atom. The van der Waals surface area contributed by atoms with Crippen LogP contribution in [0.25, 0.3) is 0 Å². The molecule has 10 rings (SSSR count). The van der Waals surface area contributed by atoms with E-state index in [2.05, 4.69) is 27.0 Å². The summed E-state index contributed by atoms with van der Waals surface area (Å²) in [5.74, 6) is -1.59. The molecule has 26 N–H and O–H groups in total. The number of rotatable bonds is 62. The maximum Gasteiger partial charge on any atom is 0.186 e. The second-order valence-corrected chi connectivity index (χ2v) is 47.6. The first-order chi connectivity index (χ1) is 70.1. The van der Waals surface area contributed by atoms with Crippen LogP contribution < -0.4 is 0 Å². The van der Waals surface area contributed by atoms with E-state index in [1.807, 2.05) is 26.0 Å². The van der Waals surface area contributed by atoms with Gasteiger partial charge >= 0.3 is 0 Å². The molecule has 49 atom stereocenters. The second-order valence-electron chi connectivity index (χ2n) is 47.6. The normalized spacial score (nSPS) is 40.9. The number of ether oxygens (including phenoxy) is 12. The first kappa shape index (κ1) is 128. The quantitative estimate of drug-likeness (QED) is 0.0278. The second kappa shape index (κ2) is 61.5. The fourth-order valence-corrected chi connectivity index (χ4v) is 25.2. The molecule has 0 unspecified atom stereocenters. The molecule has 0 radical (unpaired) electrons. The van der Waals surface area contributed by atoms with Gasteiger partial charge in [-0.2, -0.15) is 0 Å². The van der Waals surface area contributed by atoms with Crippen molar-refractivity contribution >= 4 is 0 Å². The minimum absolute atomic E-state index is 0.0167. The highest BCUT2D eigenvalue weighted by atomic mass is 16.8. The number of unbranched alkanes of at least 4 members (excludes halogenated alkanes) is 15. The summed E-state index contributed by atoms with van der Waals surface area (Å²) >= 11 is 0. The van der Waals surface area contributed by atoms with E-state index in [0.717, 1.165) is 51.4 Å². The van der Waals surface area contributed by atoms with E-state index in [0.29, 0.717) is 69.6 Å². The minimum atomic E-state index is -1.88. The Balaban J connectivity index is 0.706. The van der Waals surface area contributed by atoms with Crippen molar-refractivity contribution in [2.24, 2.45) is 23.7 Å². The van der Waals surface area contributed by atoms with E-state index in [4.69, 9.17) is 56.8 Å². The van der Waals surface area contributed by atoms with Gasteiger partial charge in [-0.15, -0.1) is 13.2 Å². The predicted octanol–water partition coefficient (Wildman–Crippen LogP) is 5.11. The van der Waals surface area contributed by atoms with Crippen LogP contribution in [-0.2, 0) is 56.8 Å². The zero-order valence-corrected chi connectivity index (χ0v) is 89.4. The first-order valence-corrected chi connectivity index (χ1v) is 57.0. The van der Waals surface area contributed by atoms with Gasteiger partial charge in [0.25, 0.3) is 0 Å². The summed E-state index contributed by atoms with van der Waals surface area (Å²) in [6.07, 6.45) is -26.4. The Morgan fingerprint density at radius 1 is 0.378 bits per heavy atom. The molecular formula is C110H198O38. The number of hydrogen-bond donors (Lipinski definition) is 26. The van der Waals surface area contributed by atoms with Gasteiger partial charge in [0.1, 0.15) is 73.2 Å². The molecule has 0 amide bonds. The Bertz CT molecular complexity index is 3670. The Labute approximate surface area is 877 Å². The summed E-state index contributed by atoms with van der Waals surface area (Å²) in [4.78, 5) is 0. The average Bonchev–Trinajstić information content (AvgIpc) is 1.49. The molecule has 10 heterocycles. The van der Waals surface area contributed by atoms with Gasteiger partial charge in [-0.1, -0.05) is 155 Å². The topological polar surface area (TPSA) is 637 Å². The number of hydrogen-bond acceptors (Lipinski definition) is 38. The molecule has 148 heavy (non-hydrogen) atoms. The SMILES string of the molecule is C=CCCCCCCCCCCC[C@@H](O)[C@@H](O)C[C@@H]1C[C@H](O)C[C@]2(CC[C@]3(O[C@H](C[C@@H](O)C[C@@H](O)[C@H]4C[C@@H](O)[C@H](O)[C@@H](O)[C@H](C[C@H](O)[C@@H]5O[C@@H](C[C@@H](O)CC[C@H]6C[C@@H](O)[C@@H](O)[C@@](C)(C[C@H](O)C[C@]7(C)O[C@@H](C[C@H]8O[C@H](C[C@@H](O)CCC[C@@H](C)C[C@@H](O)C[C@@H](O)C[C@@H](C)CC[C@H](C)CCCCCCCCC=C)[C@@H](O)C[C@H]8O[C@@H]8O[C@H](C)[C@@H](O)[C@H](O)[C@@H]8O)C[C@H](O)[C@@H]7O[C@@H]7OC[C@@H](O)[C@H](O)[C@H]7O)O6)C[C@H](O)[C@@H]5O)O4)CC[C@H]3C)O2)O1. The molecule has 38 nitrogen and oxygen atoms in total. The highest BCUT2D eigenvalue weighted by Crippen LogP contribution is 2.54. The Morgan fingerprint density at radius 3 is 1.62 bits per heavy atom. The molecule has 10 fully saturated rings. The van der Waals surface area contributed by atoms with E-state index in [-0.39, 0.29) is 115 Å². The Hall–Kier alpha value is -2.04. The number of aliphatic hydroxyl groups is 26. The van der Waals surface area contributed by atoms with Crippen LogP contribution in [0.2, 0.25) is 0 Å². The molecule has 866 valence electrons. The van der Waals surface area contributed by atoms with E-state index >= 15 is 0 Å². The molecule has 38 heteroatoms. The summed E-state index contributed by atoms with van der Waals surface area (Å²) in [5, 5.41) is 297. The lowest BCUT2D eigenvalue weighted by atomic mass is 9.78. The van der Waals surface area contributed by atoms with Crippen LogP contribution in [0.4, 0.5) is 0 Å². The predicted molar refractivity (Wildman–Crippen MR) is 542 cm³/mol. The maximum absolute atomic E-state index is 12.5. The van der Waals surface area contributed by atoms with Crippen molar-refractivity contribution in [3.05, 3.63) is 25.3 Å². The molecule has 10 aliphatic heterocycles. The summed E-state index contributed by atoms with van der Waals surface area (Å²) in [6, 6.07) is 0. The van der Waals surface area contributed by atoms with Gasteiger partial charge in [0, 0.05) is 102 Å². The molecule has 0 aromatic carbocycles. The molecule has 0 aliphatic carbocycles. The zero-order valence-electron chi connectivity index (χ0n) is 89.4. The zero-order chi connectivity index (χ0) is 108. The van der Waals surface area contributed by atoms with Gasteiger partial charge in [0.05, 0.1) is 183 Å². The molecule has 10 aliphatic rings. The molecule has 0 aromatic rings. The number of allylic oxidation sites excluding steroid dienone is 2. The lowest BCUT2D eigenvalue weighted by Gasteiger charge is -2.51. The molecule has 10 saturated heterocycles. The van der Waals surface area contributed by atoms with Gasteiger partial charge in [0.2, 0.25) is 0 Å². The van der Waals surface area contributed by atoms with Crippen molar-refractivity contribution in [3.8, 4) is 0 Å². The van der Waals surface area contributed by atoms with Crippen LogP contribution in [0.5, 0.6) is 0 Å².